The van der Waals surface area contributed by atoms with E-state index in [1.165, 1.54) is 23.3 Å². The molecule has 0 aliphatic heterocycles. The number of aromatic nitrogens is 4. The van der Waals surface area contributed by atoms with Crippen LogP contribution in [0.4, 0.5) is 17.2 Å². The molecule has 4 rings (SSSR count). The molecule has 13 heteroatoms. The third-order valence-corrected chi connectivity index (χ3v) is 7.00. The monoisotopic (exact) mass is 522 g/mol. The van der Waals surface area contributed by atoms with Gasteiger partial charge in [-0.05, 0) is 54.6 Å². The molecular formula is C24H26N8O4S. The standard InChI is InChI=1S/C24H26N8O4S/c1-3-37(35,36)29-6-7-32-14-18(11-28-32)30-23(33)24(34)31-22-10-17-8-16(9-21(25)20(17)13-27-22)19-12-26-5-4-15(19)2/h4-5,8-14,29H,3,6-7,25H2,1-2H3,(H,30,33)(H,27,31,34). The highest BCUT2D eigenvalue weighted by atomic mass is 32.2. The van der Waals surface area contributed by atoms with Crippen LogP contribution in [0.1, 0.15) is 12.5 Å². The smallest absolute Gasteiger partial charge is 0.315 e. The number of carbonyl (C=O) groups is 2. The number of rotatable bonds is 8. The maximum atomic E-state index is 12.5. The molecule has 0 spiro atoms. The molecule has 4 aromatic rings. The number of fused-ring (bicyclic) bond motifs is 1. The Balaban J connectivity index is 1.42. The van der Waals surface area contributed by atoms with E-state index in [2.05, 4.69) is 30.4 Å². The molecule has 1 aromatic carbocycles. The number of nitrogens with one attached hydrogen (secondary N) is 3. The van der Waals surface area contributed by atoms with E-state index in [4.69, 9.17) is 5.73 Å². The molecular weight excluding hydrogens is 496 g/mol. The molecule has 0 saturated heterocycles. The minimum absolute atomic E-state index is 0.0205. The lowest BCUT2D eigenvalue weighted by Gasteiger charge is -2.11. The second kappa shape index (κ2) is 10.7. The second-order valence-electron chi connectivity index (χ2n) is 8.24. The highest BCUT2D eigenvalue weighted by molar-refractivity contribution is 7.89. The van der Waals surface area contributed by atoms with Crippen LogP contribution in [0.15, 0.2) is 55.2 Å². The summed E-state index contributed by atoms with van der Waals surface area (Å²) in [4.78, 5) is 33.3. The number of nitrogen functional groups attached to an aromatic ring is 1. The predicted octanol–water partition coefficient (Wildman–Crippen LogP) is 1.90. The molecule has 0 aliphatic rings. The Labute approximate surface area is 213 Å². The highest BCUT2D eigenvalue weighted by Crippen LogP contribution is 2.31. The van der Waals surface area contributed by atoms with E-state index in [-0.39, 0.29) is 30.3 Å². The molecule has 3 heterocycles. The number of anilines is 3. The SMILES string of the molecule is CCS(=O)(=O)NCCn1cc(NC(=O)C(=O)Nc2cc3cc(-c4cnccc4C)cc(N)c3cn2)cn1. The number of amides is 2. The number of carbonyl (C=O) groups excluding carboxylic acids is 2. The molecule has 37 heavy (non-hydrogen) atoms. The van der Waals surface area contributed by atoms with Gasteiger partial charge in [-0.2, -0.15) is 5.10 Å². The second-order valence-corrected chi connectivity index (χ2v) is 10.3. The van der Waals surface area contributed by atoms with Crippen LogP contribution in [-0.4, -0.2) is 52.3 Å². The summed E-state index contributed by atoms with van der Waals surface area (Å²) >= 11 is 0. The van der Waals surface area contributed by atoms with Crippen molar-refractivity contribution in [2.45, 2.75) is 20.4 Å². The minimum Gasteiger partial charge on any atom is -0.398 e. The summed E-state index contributed by atoms with van der Waals surface area (Å²) < 4.78 is 26.9. The van der Waals surface area contributed by atoms with Crippen molar-refractivity contribution in [2.75, 3.05) is 28.7 Å². The van der Waals surface area contributed by atoms with E-state index in [0.717, 1.165) is 22.1 Å². The lowest BCUT2D eigenvalue weighted by atomic mass is 9.99. The number of nitrogens with two attached hydrogens (primary N) is 1. The first-order valence-corrected chi connectivity index (χ1v) is 13.0. The summed E-state index contributed by atoms with van der Waals surface area (Å²) in [5, 5.41) is 10.4. The number of nitrogens with zero attached hydrogens (tertiary/aromatic N) is 4. The van der Waals surface area contributed by atoms with Crippen molar-refractivity contribution in [3.8, 4) is 11.1 Å². The molecule has 0 atom stereocenters. The molecule has 0 aliphatic carbocycles. The maximum absolute atomic E-state index is 12.5. The zero-order valence-corrected chi connectivity index (χ0v) is 21.0. The molecule has 192 valence electrons. The number of benzene rings is 1. The Hall–Kier alpha value is -4.36. The number of pyridine rings is 2. The van der Waals surface area contributed by atoms with E-state index in [9.17, 15) is 18.0 Å². The summed E-state index contributed by atoms with van der Waals surface area (Å²) in [6.07, 6.45) is 7.86. The van der Waals surface area contributed by atoms with E-state index >= 15 is 0 Å². The number of hydrogen-bond acceptors (Lipinski definition) is 8. The van der Waals surface area contributed by atoms with Gasteiger partial charge in [0.15, 0.2) is 0 Å². The summed E-state index contributed by atoms with van der Waals surface area (Å²) in [6, 6.07) is 7.31. The Bertz CT molecular complexity index is 1580. The van der Waals surface area contributed by atoms with Gasteiger partial charge in [-0.3, -0.25) is 19.3 Å². The molecule has 3 aromatic heterocycles. The molecule has 0 bridgehead atoms. The van der Waals surface area contributed by atoms with Crippen LogP contribution < -0.4 is 21.1 Å². The lowest BCUT2D eigenvalue weighted by Crippen LogP contribution is -2.29. The van der Waals surface area contributed by atoms with Gasteiger partial charge in [0, 0.05) is 48.0 Å². The Morgan fingerprint density at radius 3 is 2.62 bits per heavy atom. The number of aryl methyl sites for hydroxylation is 1. The van der Waals surface area contributed by atoms with Crippen molar-refractivity contribution in [3.63, 3.8) is 0 Å². The highest BCUT2D eigenvalue weighted by Gasteiger charge is 2.16. The third-order valence-electron chi connectivity index (χ3n) is 5.60. The van der Waals surface area contributed by atoms with Crippen LogP contribution in [0, 0.1) is 6.92 Å². The predicted molar refractivity (Wildman–Crippen MR) is 141 cm³/mol. The molecule has 0 radical (unpaired) electrons. The van der Waals surface area contributed by atoms with Crippen molar-refractivity contribution in [2.24, 2.45) is 0 Å². The first kappa shape index (κ1) is 25.7. The van der Waals surface area contributed by atoms with Gasteiger partial charge in [-0.25, -0.2) is 18.1 Å². The summed E-state index contributed by atoms with van der Waals surface area (Å²) in [5.74, 6) is -1.66. The lowest BCUT2D eigenvalue weighted by molar-refractivity contribution is -0.133. The van der Waals surface area contributed by atoms with Crippen molar-refractivity contribution in [3.05, 3.63) is 60.8 Å². The summed E-state index contributed by atoms with van der Waals surface area (Å²) in [5.41, 5.74) is 9.89. The van der Waals surface area contributed by atoms with E-state index in [0.29, 0.717) is 11.1 Å². The van der Waals surface area contributed by atoms with Gasteiger partial charge < -0.3 is 16.4 Å². The molecule has 5 N–H and O–H groups in total. The van der Waals surface area contributed by atoms with Crippen molar-refractivity contribution in [1.29, 1.82) is 0 Å². The zero-order chi connectivity index (χ0) is 26.6. The van der Waals surface area contributed by atoms with Gasteiger partial charge in [0.1, 0.15) is 5.82 Å². The van der Waals surface area contributed by atoms with E-state index in [1.807, 2.05) is 25.1 Å². The number of sulfonamides is 1. The van der Waals surface area contributed by atoms with Gasteiger partial charge in [0.2, 0.25) is 10.0 Å². The fourth-order valence-corrected chi connectivity index (χ4v) is 4.21. The van der Waals surface area contributed by atoms with Crippen LogP contribution in [-0.2, 0) is 26.2 Å². The molecule has 2 amide bonds. The van der Waals surface area contributed by atoms with Crippen LogP contribution in [0.3, 0.4) is 0 Å². The van der Waals surface area contributed by atoms with Crippen molar-refractivity contribution >= 4 is 49.8 Å². The quantitative estimate of drug-likeness (QED) is 0.200. The Kier molecular flexibility index (Phi) is 7.45. The normalized spacial score (nSPS) is 11.4. The third kappa shape index (κ3) is 6.26. The van der Waals surface area contributed by atoms with Gasteiger partial charge in [-0.15, -0.1) is 0 Å². The topological polar surface area (TPSA) is 174 Å². The summed E-state index contributed by atoms with van der Waals surface area (Å²) in [7, 11) is -3.31. The van der Waals surface area contributed by atoms with Gasteiger partial charge in [-0.1, -0.05) is 0 Å². The van der Waals surface area contributed by atoms with Crippen molar-refractivity contribution in [1.82, 2.24) is 24.5 Å². The molecule has 0 saturated carbocycles. The Morgan fingerprint density at radius 1 is 1.08 bits per heavy atom. The maximum Gasteiger partial charge on any atom is 0.315 e. The fourth-order valence-electron chi connectivity index (χ4n) is 3.61. The van der Waals surface area contributed by atoms with E-state index < -0.39 is 21.8 Å². The minimum atomic E-state index is -3.31. The largest absolute Gasteiger partial charge is 0.398 e. The molecule has 0 unspecified atom stereocenters. The average molecular weight is 523 g/mol. The molecule has 0 fully saturated rings. The van der Waals surface area contributed by atoms with E-state index in [1.54, 1.807) is 25.4 Å². The van der Waals surface area contributed by atoms with Gasteiger partial charge in [0.05, 0.1) is 24.2 Å². The summed E-state index contributed by atoms with van der Waals surface area (Å²) in [6.45, 7) is 3.92. The van der Waals surface area contributed by atoms with Crippen LogP contribution in [0.5, 0.6) is 0 Å². The first-order valence-electron chi connectivity index (χ1n) is 11.4. The Morgan fingerprint density at radius 2 is 1.86 bits per heavy atom. The zero-order valence-electron chi connectivity index (χ0n) is 20.2. The average Bonchev–Trinajstić information content (AvgIpc) is 3.30. The number of hydrogen-bond donors (Lipinski definition) is 4. The molecule has 12 nitrogen and oxygen atoms in total. The van der Waals surface area contributed by atoms with Crippen LogP contribution >= 0.6 is 0 Å². The first-order chi connectivity index (χ1) is 17.6. The van der Waals surface area contributed by atoms with Crippen molar-refractivity contribution < 1.29 is 18.0 Å². The van der Waals surface area contributed by atoms with Crippen LogP contribution in [0.25, 0.3) is 21.9 Å². The van der Waals surface area contributed by atoms with Gasteiger partial charge in [0.25, 0.3) is 0 Å². The van der Waals surface area contributed by atoms with Crippen LogP contribution in [0.2, 0.25) is 0 Å². The van der Waals surface area contributed by atoms with Gasteiger partial charge >= 0.3 is 11.8 Å². The fraction of sp³-hybridized carbons (Fsp3) is 0.208.